The molecule has 1 fully saturated rings. The Morgan fingerprint density at radius 3 is 3.09 bits per heavy atom. The third-order valence-corrected chi connectivity index (χ3v) is 5.82. The minimum atomic E-state index is 0.708. The van der Waals surface area contributed by atoms with Gasteiger partial charge in [0.15, 0.2) is 11.8 Å². The summed E-state index contributed by atoms with van der Waals surface area (Å²) >= 11 is 2.08. The van der Waals surface area contributed by atoms with Crippen molar-refractivity contribution in [2.75, 3.05) is 25.9 Å². The van der Waals surface area contributed by atoms with Crippen LogP contribution in [0.5, 0.6) is 0 Å². The minimum absolute atomic E-state index is 0.708. The zero-order chi connectivity index (χ0) is 15.4. The maximum absolute atomic E-state index is 4.46. The summed E-state index contributed by atoms with van der Waals surface area (Å²) in [5, 5.41) is 12.9. The minimum Gasteiger partial charge on any atom is -0.349 e. The topological polar surface area (TPSA) is 58.3 Å². The Balaban J connectivity index is 1.60. The van der Waals surface area contributed by atoms with Gasteiger partial charge in [-0.05, 0) is 19.3 Å². The van der Waals surface area contributed by atoms with Crippen LogP contribution in [0.25, 0.3) is 0 Å². The number of nitrogens with zero attached hydrogens (tertiary/aromatic N) is 5. The Kier molecular flexibility index (Phi) is 5.23. The zero-order valence-electron chi connectivity index (χ0n) is 13.6. The van der Waals surface area contributed by atoms with Crippen molar-refractivity contribution in [1.29, 1.82) is 0 Å². The van der Waals surface area contributed by atoms with Gasteiger partial charge in [0.2, 0.25) is 0 Å². The second-order valence-corrected chi connectivity index (χ2v) is 7.30. The maximum atomic E-state index is 4.46. The number of aromatic nitrogens is 3. The lowest BCUT2D eigenvalue weighted by atomic mass is 10.2. The van der Waals surface area contributed by atoms with Crippen molar-refractivity contribution in [1.82, 2.24) is 25.0 Å². The summed E-state index contributed by atoms with van der Waals surface area (Å²) in [6, 6.07) is 0. The Morgan fingerprint density at radius 1 is 1.36 bits per heavy atom. The van der Waals surface area contributed by atoms with Gasteiger partial charge >= 0.3 is 0 Å². The van der Waals surface area contributed by atoms with Gasteiger partial charge in [0.1, 0.15) is 5.82 Å². The zero-order valence-corrected chi connectivity index (χ0v) is 14.4. The van der Waals surface area contributed by atoms with E-state index >= 15 is 0 Å². The molecule has 0 bridgehead atoms. The summed E-state index contributed by atoms with van der Waals surface area (Å²) in [5.41, 5.74) is 0. The number of fused-ring (bicyclic) bond motifs is 1. The van der Waals surface area contributed by atoms with E-state index in [2.05, 4.69) is 48.7 Å². The molecule has 0 aromatic carbocycles. The van der Waals surface area contributed by atoms with Crippen molar-refractivity contribution in [2.45, 2.75) is 50.9 Å². The van der Waals surface area contributed by atoms with E-state index in [1.165, 1.54) is 25.0 Å². The number of aliphatic imine (C=N–C) groups is 1. The second kappa shape index (κ2) is 7.35. The molecule has 0 aliphatic carbocycles. The largest absolute Gasteiger partial charge is 0.349 e. The lowest BCUT2D eigenvalue weighted by Gasteiger charge is -2.34. The lowest BCUT2D eigenvalue weighted by molar-refractivity contribution is 0.406. The van der Waals surface area contributed by atoms with E-state index in [4.69, 9.17) is 0 Å². The molecule has 22 heavy (non-hydrogen) atoms. The quantitative estimate of drug-likeness (QED) is 0.675. The van der Waals surface area contributed by atoms with Gasteiger partial charge in [0.25, 0.3) is 0 Å². The van der Waals surface area contributed by atoms with Gasteiger partial charge in [-0.15, -0.1) is 10.2 Å². The standard InChI is InChI=1S/C15H26N6S/c1-3-12-11-20(8-9-22-12)15(16-2)17-10-14-19-18-13-6-4-5-7-21(13)14/h12H,3-11H2,1-2H3,(H,16,17). The molecule has 0 radical (unpaired) electrons. The molecule has 122 valence electrons. The molecule has 3 rings (SSSR count). The van der Waals surface area contributed by atoms with Crippen molar-refractivity contribution in [3.05, 3.63) is 11.6 Å². The molecule has 0 spiro atoms. The van der Waals surface area contributed by atoms with Crippen LogP contribution in [0.3, 0.4) is 0 Å². The van der Waals surface area contributed by atoms with E-state index < -0.39 is 0 Å². The first kappa shape index (κ1) is 15.6. The first-order valence-electron chi connectivity index (χ1n) is 8.30. The summed E-state index contributed by atoms with van der Waals surface area (Å²) in [6.45, 7) is 6.17. The fraction of sp³-hybridized carbons (Fsp3) is 0.800. The number of rotatable bonds is 3. The highest BCUT2D eigenvalue weighted by atomic mass is 32.2. The highest BCUT2D eigenvalue weighted by molar-refractivity contribution is 8.00. The molecule has 3 heterocycles. The van der Waals surface area contributed by atoms with Crippen LogP contribution in [0.1, 0.15) is 37.8 Å². The number of hydrogen-bond acceptors (Lipinski definition) is 4. The normalized spacial score (nSPS) is 22.5. The molecule has 1 unspecified atom stereocenters. The van der Waals surface area contributed by atoms with E-state index in [0.717, 1.165) is 43.7 Å². The van der Waals surface area contributed by atoms with Crippen LogP contribution in [0.15, 0.2) is 4.99 Å². The van der Waals surface area contributed by atoms with Crippen molar-refractivity contribution in [3.63, 3.8) is 0 Å². The highest BCUT2D eigenvalue weighted by Crippen LogP contribution is 2.21. The van der Waals surface area contributed by atoms with Crippen molar-refractivity contribution in [2.24, 2.45) is 4.99 Å². The third-order valence-electron chi connectivity index (χ3n) is 4.45. The number of nitrogens with one attached hydrogen (secondary N) is 1. The van der Waals surface area contributed by atoms with E-state index in [0.29, 0.717) is 11.8 Å². The number of aryl methyl sites for hydroxylation is 1. The van der Waals surface area contributed by atoms with Crippen LogP contribution >= 0.6 is 11.8 Å². The highest BCUT2D eigenvalue weighted by Gasteiger charge is 2.22. The predicted octanol–water partition coefficient (Wildman–Crippen LogP) is 1.52. The summed E-state index contributed by atoms with van der Waals surface area (Å²) in [4.78, 5) is 6.83. The molecular formula is C15H26N6S. The fourth-order valence-corrected chi connectivity index (χ4v) is 4.33. The number of guanidine groups is 1. The van der Waals surface area contributed by atoms with E-state index in [-0.39, 0.29) is 0 Å². The van der Waals surface area contributed by atoms with Crippen LogP contribution in [0, 0.1) is 0 Å². The van der Waals surface area contributed by atoms with Gasteiger partial charge in [0, 0.05) is 44.1 Å². The second-order valence-electron chi connectivity index (χ2n) is 5.89. The van der Waals surface area contributed by atoms with Crippen LogP contribution < -0.4 is 5.32 Å². The maximum Gasteiger partial charge on any atom is 0.194 e. The van der Waals surface area contributed by atoms with E-state index in [1.54, 1.807) is 0 Å². The van der Waals surface area contributed by atoms with Crippen molar-refractivity contribution in [3.8, 4) is 0 Å². The molecule has 2 aliphatic heterocycles. The van der Waals surface area contributed by atoms with Gasteiger partial charge in [-0.3, -0.25) is 4.99 Å². The molecule has 0 saturated carbocycles. The first-order chi connectivity index (χ1) is 10.8. The summed E-state index contributed by atoms with van der Waals surface area (Å²) in [7, 11) is 1.87. The predicted molar refractivity (Wildman–Crippen MR) is 91.3 cm³/mol. The van der Waals surface area contributed by atoms with Gasteiger partial charge in [-0.25, -0.2) is 0 Å². The summed E-state index contributed by atoms with van der Waals surface area (Å²) in [5.74, 6) is 4.35. The fourth-order valence-electron chi connectivity index (χ4n) is 3.15. The van der Waals surface area contributed by atoms with Gasteiger partial charge in [-0.1, -0.05) is 6.92 Å². The average Bonchev–Trinajstić information content (AvgIpc) is 2.99. The van der Waals surface area contributed by atoms with Crippen LogP contribution in [0.4, 0.5) is 0 Å². The Hall–Kier alpha value is -1.24. The number of hydrogen-bond donors (Lipinski definition) is 1. The molecule has 1 aromatic rings. The molecule has 7 heteroatoms. The Morgan fingerprint density at radius 2 is 2.27 bits per heavy atom. The van der Waals surface area contributed by atoms with Crippen molar-refractivity contribution < 1.29 is 0 Å². The molecule has 1 atom stereocenters. The Labute approximate surface area is 136 Å². The molecule has 1 saturated heterocycles. The molecular weight excluding hydrogens is 296 g/mol. The summed E-state index contributed by atoms with van der Waals surface area (Å²) < 4.78 is 2.27. The van der Waals surface area contributed by atoms with Gasteiger partial charge in [0.05, 0.1) is 6.54 Å². The third kappa shape index (κ3) is 3.39. The van der Waals surface area contributed by atoms with Crippen molar-refractivity contribution >= 4 is 17.7 Å². The monoisotopic (exact) mass is 322 g/mol. The van der Waals surface area contributed by atoms with E-state index in [1.807, 2.05) is 7.05 Å². The van der Waals surface area contributed by atoms with Crippen LogP contribution in [0.2, 0.25) is 0 Å². The molecule has 1 N–H and O–H groups in total. The Bertz CT molecular complexity index is 526. The lowest BCUT2D eigenvalue weighted by Crippen LogP contribution is -2.47. The average molecular weight is 322 g/mol. The van der Waals surface area contributed by atoms with Gasteiger partial charge < -0.3 is 14.8 Å². The van der Waals surface area contributed by atoms with Crippen LogP contribution in [-0.2, 0) is 19.5 Å². The first-order valence-corrected chi connectivity index (χ1v) is 9.34. The smallest absolute Gasteiger partial charge is 0.194 e. The SMILES string of the molecule is CCC1CN(C(=NC)NCc2nnc3n2CCCC3)CCS1. The van der Waals surface area contributed by atoms with Gasteiger partial charge in [-0.2, -0.15) is 11.8 Å². The molecule has 1 aromatic heterocycles. The summed E-state index contributed by atoms with van der Waals surface area (Å²) in [6.07, 6.45) is 4.74. The molecule has 2 aliphatic rings. The molecule has 6 nitrogen and oxygen atoms in total. The number of thioether (sulfide) groups is 1. The van der Waals surface area contributed by atoms with E-state index in [9.17, 15) is 0 Å². The van der Waals surface area contributed by atoms with Crippen LogP contribution in [-0.4, -0.2) is 56.8 Å². The molecule has 0 amide bonds.